The lowest BCUT2D eigenvalue weighted by Gasteiger charge is -2.11. The molecule has 19 heavy (non-hydrogen) atoms. The summed E-state index contributed by atoms with van der Waals surface area (Å²) in [5, 5.41) is 0. The average Bonchev–Trinajstić information content (AvgIpc) is 2.31. The lowest BCUT2D eigenvalue weighted by Crippen LogP contribution is -2.35. The first-order valence-corrected chi connectivity index (χ1v) is 7.46. The van der Waals surface area contributed by atoms with E-state index in [4.69, 9.17) is 4.74 Å². The van der Waals surface area contributed by atoms with Gasteiger partial charge in [0.1, 0.15) is 5.75 Å². The van der Waals surface area contributed by atoms with Crippen molar-refractivity contribution in [1.29, 1.82) is 0 Å². The standard InChI is InChI=1S/C10H13BrN2O5S/c1-3-18-10(14)13-19(15,16)12-9-6-7(17-2)4-5-8(9)11/h4-6,12H,3H2,1-2H3,(H,13,14). The summed E-state index contributed by atoms with van der Waals surface area (Å²) in [5.41, 5.74) is 0.233. The molecule has 0 radical (unpaired) electrons. The van der Waals surface area contributed by atoms with Gasteiger partial charge in [0.15, 0.2) is 0 Å². The highest BCUT2D eigenvalue weighted by atomic mass is 79.9. The maximum absolute atomic E-state index is 11.7. The largest absolute Gasteiger partial charge is 0.497 e. The SMILES string of the molecule is CCOC(=O)NS(=O)(=O)Nc1cc(OC)ccc1Br. The van der Waals surface area contributed by atoms with E-state index in [2.05, 4.69) is 25.4 Å². The molecule has 0 saturated carbocycles. The zero-order valence-corrected chi connectivity index (χ0v) is 12.7. The van der Waals surface area contributed by atoms with Gasteiger partial charge in [0, 0.05) is 10.5 Å². The molecule has 106 valence electrons. The van der Waals surface area contributed by atoms with Crippen molar-refractivity contribution >= 4 is 37.9 Å². The van der Waals surface area contributed by atoms with Crippen LogP contribution in [0.4, 0.5) is 10.5 Å². The lowest BCUT2D eigenvalue weighted by atomic mass is 10.3. The zero-order chi connectivity index (χ0) is 14.5. The summed E-state index contributed by atoms with van der Waals surface area (Å²) in [6, 6.07) is 4.73. The van der Waals surface area contributed by atoms with Crippen LogP contribution in [0.5, 0.6) is 5.75 Å². The highest BCUT2D eigenvalue weighted by Gasteiger charge is 2.16. The fraction of sp³-hybridized carbons (Fsp3) is 0.300. The van der Waals surface area contributed by atoms with E-state index in [0.29, 0.717) is 10.2 Å². The van der Waals surface area contributed by atoms with E-state index in [9.17, 15) is 13.2 Å². The van der Waals surface area contributed by atoms with Crippen molar-refractivity contribution in [2.45, 2.75) is 6.92 Å². The van der Waals surface area contributed by atoms with Crippen LogP contribution in [0, 0.1) is 0 Å². The Morgan fingerprint density at radius 1 is 1.42 bits per heavy atom. The fourth-order valence-corrected chi connectivity index (χ4v) is 2.41. The Kier molecular flexibility index (Phi) is 5.43. The number of carbonyl (C=O) groups is 1. The average molecular weight is 353 g/mol. The van der Waals surface area contributed by atoms with Crippen LogP contribution in [0.15, 0.2) is 22.7 Å². The number of methoxy groups -OCH3 is 1. The normalized spacial score (nSPS) is 10.7. The van der Waals surface area contributed by atoms with Gasteiger partial charge in [0.2, 0.25) is 0 Å². The summed E-state index contributed by atoms with van der Waals surface area (Å²) < 4.78 is 37.2. The first-order valence-electron chi connectivity index (χ1n) is 5.19. The summed E-state index contributed by atoms with van der Waals surface area (Å²) >= 11 is 3.18. The number of benzene rings is 1. The number of halogens is 1. The summed E-state index contributed by atoms with van der Waals surface area (Å²) in [6.07, 6.45) is -1.05. The van der Waals surface area contributed by atoms with Crippen LogP contribution in [-0.4, -0.2) is 28.2 Å². The molecule has 9 heteroatoms. The third-order valence-corrected chi connectivity index (χ3v) is 3.53. The molecular weight excluding hydrogens is 340 g/mol. The first-order chi connectivity index (χ1) is 8.88. The van der Waals surface area contributed by atoms with E-state index < -0.39 is 16.3 Å². The van der Waals surface area contributed by atoms with E-state index >= 15 is 0 Å². The highest BCUT2D eigenvalue weighted by Crippen LogP contribution is 2.27. The van der Waals surface area contributed by atoms with Crippen molar-refractivity contribution in [3.8, 4) is 5.75 Å². The van der Waals surface area contributed by atoms with Gasteiger partial charge in [-0.25, -0.2) is 9.52 Å². The van der Waals surface area contributed by atoms with Crippen molar-refractivity contribution < 1.29 is 22.7 Å². The summed E-state index contributed by atoms with van der Waals surface area (Å²) in [7, 11) is -2.61. The van der Waals surface area contributed by atoms with E-state index in [1.54, 1.807) is 23.8 Å². The van der Waals surface area contributed by atoms with E-state index in [0.717, 1.165) is 0 Å². The highest BCUT2D eigenvalue weighted by molar-refractivity contribution is 9.10. The van der Waals surface area contributed by atoms with Gasteiger partial charge in [-0.2, -0.15) is 8.42 Å². The Balaban J connectivity index is 2.86. The van der Waals surface area contributed by atoms with E-state index in [1.807, 2.05) is 0 Å². The van der Waals surface area contributed by atoms with Gasteiger partial charge >= 0.3 is 16.3 Å². The van der Waals surface area contributed by atoms with Crippen molar-refractivity contribution in [2.24, 2.45) is 0 Å². The molecule has 0 spiro atoms. The molecule has 0 aliphatic carbocycles. The maximum Gasteiger partial charge on any atom is 0.422 e. The smallest absolute Gasteiger partial charge is 0.422 e. The number of hydrogen-bond donors (Lipinski definition) is 2. The number of hydrogen-bond acceptors (Lipinski definition) is 5. The van der Waals surface area contributed by atoms with Crippen molar-refractivity contribution in [3.63, 3.8) is 0 Å². The van der Waals surface area contributed by atoms with Crippen LogP contribution in [0.1, 0.15) is 6.92 Å². The number of rotatable bonds is 5. The van der Waals surface area contributed by atoms with Crippen molar-refractivity contribution in [1.82, 2.24) is 4.72 Å². The predicted molar refractivity (Wildman–Crippen MR) is 73.4 cm³/mol. The molecule has 1 aromatic carbocycles. The second kappa shape index (κ2) is 6.62. The van der Waals surface area contributed by atoms with Crippen LogP contribution in [0.25, 0.3) is 0 Å². The van der Waals surface area contributed by atoms with Gasteiger partial charge in [0.05, 0.1) is 19.4 Å². The van der Waals surface area contributed by atoms with Crippen LogP contribution in [0.2, 0.25) is 0 Å². The topological polar surface area (TPSA) is 93.7 Å². The Hall–Kier alpha value is -1.48. The molecule has 0 saturated heterocycles. The molecule has 0 unspecified atom stereocenters. The molecule has 7 nitrogen and oxygen atoms in total. The van der Waals surface area contributed by atoms with Gasteiger partial charge in [-0.1, -0.05) is 0 Å². The Morgan fingerprint density at radius 2 is 2.11 bits per heavy atom. The summed E-state index contributed by atoms with van der Waals surface area (Å²) in [5.74, 6) is 0.469. The maximum atomic E-state index is 11.7. The van der Waals surface area contributed by atoms with Gasteiger partial charge in [-0.3, -0.25) is 4.72 Å². The third-order valence-electron chi connectivity index (χ3n) is 1.91. The minimum absolute atomic E-state index is 0.0736. The van der Waals surface area contributed by atoms with Crippen molar-refractivity contribution in [2.75, 3.05) is 18.4 Å². The zero-order valence-electron chi connectivity index (χ0n) is 10.3. The summed E-state index contributed by atoms with van der Waals surface area (Å²) in [4.78, 5) is 11.1. The van der Waals surface area contributed by atoms with Crippen LogP contribution in [-0.2, 0) is 14.9 Å². The first kappa shape index (κ1) is 15.6. The van der Waals surface area contributed by atoms with Crippen LogP contribution < -0.4 is 14.2 Å². The van der Waals surface area contributed by atoms with Crippen LogP contribution in [0.3, 0.4) is 0 Å². The molecule has 1 amide bonds. The van der Waals surface area contributed by atoms with Crippen LogP contribution >= 0.6 is 15.9 Å². The Labute approximate surface area is 119 Å². The second-order valence-corrected chi connectivity index (χ2v) is 5.54. The fourth-order valence-electron chi connectivity index (χ4n) is 1.15. The van der Waals surface area contributed by atoms with E-state index in [1.165, 1.54) is 13.2 Å². The molecule has 1 rings (SSSR count). The Bertz CT molecular complexity index is 561. The molecule has 0 fully saturated rings. The molecule has 0 heterocycles. The number of amides is 1. The van der Waals surface area contributed by atoms with E-state index in [-0.39, 0.29) is 12.3 Å². The second-order valence-electron chi connectivity index (χ2n) is 3.27. The quantitative estimate of drug-likeness (QED) is 0.843. The molecule has 0 aliphatic rings. The minimum Gasteiger partial charge on any atom is -0.497 e. The third kappa shape index (κ3) is 4.95. The molecule has 1 aromatic rings. The Morgan fingerprint density at radius 3 is 2.68 bits per heavy atom. The molecule has 0 bridgehead atoms. The molecule has 2 N–H and O–H groups in total. The monoisotopic (exact) mass is 352 g/mol. The number of anilines is 1. The summed E-state index contributed by atoms with van der Waals surface area (Å²) in [6.45, 7) is 1.64. The van der Waals surface area contributed by atoms with Gasteiger partial charge in [-0.05, 0) is 35.0 Å². The number of ether oxygens (including phenoxy) is 2. The van der Waals surface area contributed by atoms with Crippen molar-refractivity contribution in [3.05, 3.63) is 22.7 Å². The molecule has 0 aromatic heterocycles. The lowest BCUT2D eigenvalue weighted by molar-refractivity contribution is 0.159. The molecule has 0 atom stereocenters. The van der Waals surface area contributed by atoms with Gasteiger partial charge in [-0.15, -0.1) is 0 Å². The number of carbonyl (C=O) groups excluding carboxylic acids is 1. The molecule has 0 aliphatic heterocycles. The number of nitrogens with one attached hydrogen (secondary N) is 2. The molecular formula is C10H13BrN2O5S. The predicted octanol–water partition coefficient (Wildman–Crippen LogP) is 1.86. The van der Waals surface area contributed by atoms with Gasteiger partial charge < -0.3 is 9.47 Å². The van der Waals surface area contributed by atoms with Gasteiger partial charge in [0.25, 0.3) is 0 Å². The minimum atomic E-state index is -4.06.